The lowest BCUT2D eigenvalue weighted by Crippen LogP contribution is -2.13. The number of hydrogen-bond donors (Lipinski definition) is 1. The Morgan fingerprint density at radius 2 is 1.90 bits per heavy atom. The quantitative estimate of drug-likeness (QED) is 0.753. The van der Waals surface area contributed by atoms with E-state index in [4.69, 9.17) is 11.6 Å². The van der Waals surface area contributed by atoms with Gasteiger partial charge in [0.2, 0.25) is 0 Å². The van der Waals surface area contributed by atoms with Crippen LogP contribution in [-0.4, -0.2) is 18.4 Å². The minimum Gasteiger partial charge on any atom is -0.278 e. The lowest BCUT2D eigenvalue weighted by molar-refractivity contribution is 0.602. The van der Waals surface area contributed by atoms with Gasteiger partial charge in [0.05, 0.1) is 16.8 Å². The summed E-state index contributed by atoms with van der Waals surface area (Å²) < 4.78 is 27.5. The van der Waals surface area contributed by atoms with Crippen molar-refractivity contribution in [1.82, 2.24) is 9.97 Å². The maximum Gasteiger partial charge on any atom is 0.262 e. The van der Waals surface area contributed by atoms with Crippen molar-refractivity contribution in [3.63, 3.8) is 0 Å². The van der Waals surface area contributed by atoms with Gasteiger partial charge in [-0.05, 0) is 24.3 Å². The molecule has 0 saturated carbocycles. The van der Waals surface area contributed by atoms with Crippen LogP contribution in [0.4, 0.5) is 5.69 Å². The molecule has 0 bridgehead atoms. The number of halogens is 1. The molecule has 0 radical (unpaired) electrons. The maximum absolute atomic E-state index is 12.5. The topological polar surface area (TPSA) is 72.0 Å². The Balaban J connectivity index is 2.06. The average molecular weight is 320 g/mol. The van der Waals surface area contributed by atoms with Gasteiger partial charge in [0.1, 0.15) is 5.15 Å². The molecule has 0 saturated heterocycles. The molecule has 2 aromatic heterocycles. The predicted molar refractivity (Wildman–Crippen MR) is 81.8 cm³/mol. The zero-order valence-corrected chi connectivity index (χ0v) is 12.3. The SMILES string of the molecule is O=S(=O)(Nc1ccc(Cl)nc1)c1cccc2cnccc12. The number of anilines is 1. The van der Waals surface area contributed by atoms with Gasteiger partial charge in [0.15, 0.2) is 0 Å². The first-order valence-electron chi connectivity index (χ1n) is 6.03. The molecule has 21 heavy (non-hydrogen) atoms. The smallest absolute Gasteiger partial charge is 0.262 e. The molecule has 2 heterocycles. The van der Waals surface area contributed by atoms with Gasteiger partial charge in [-0.15, -0.1) is 0 Å². The van der Waals surface area contributed by atoms with Gasteiger partial charge in [-0.2, -0.15) is 0 Å². The summed E-state index contributed by atoms with van der Waals surface area (Å²) in [5, 5.41) is 1.67. The minimum absolute atomic E-state index is 0.192. The molecular formula is C14H10ClN3O2S. The van der Waals surface area contributed by atoms with Crippen LogP contribution in [0.25, 0.3) is 10.8 Å². The standard InChI is InChI=1S/C14H10ClN3O2S/c15-14-5-4-11(9-17-14)18-21(19,20)13-3-1-2-10-8-16-7-6-12(10)13/h1-9,18H. The first-order valence-corrected chi connectivity index (χ1v) is 7.89. The molecule has 0 fully saturated rings. The molecule has 3 rings (SSSR count). The Morgan fingerprint density at radius 1 is 1.05 bits per heavy atom. The number of pyridine rings is 2. The molecule has 0 atom stereocenters. The Hall–Kier alpha value is -2.18. The summed E-state index contributed by atoms with van der Waals surface area (Å²) >= 11 is 5.68. The summed E-state index contributed by atoms with van der Waals surface area (Å²) in [6.07, 6.45) is 4.55. The second-order valence-electron chi connectivity index (χ2n) is 4.33. The van der Waals surface area contributed by atoms with Gasteiger partial charge in [-0.1, -0.05) is 23.7 Å². The van der Waals surface area contributed by atoms with Crippen LogP contribution in [0.3, 0.4) is 0 Å². The predicted octanol–water partition coefficient (Wildman–Crippen LogP) is 3.08. The summed E-state index contributed by atoms with van der Waals surface area (Å²) in [6.45, 7) is 0. The summed E-state index contributed by atoms with van der Waals surface area (Å²) in [6, 6.07) is 9.79. The third kappa shape index (κ3) is 2.81. The fourth-order valence-electron chi connectivity index (χ4n) is 1.97. The van der Waals surface area contributed by atoms with E-state index < -0.39 is 10.0 Å². The van der Waals surface area contributed by atoms with Gasteiger partial charge in [-0.3, -0.25) is 9.71 Å². The maximum atomic E-state index is 12.5. The average Bonchev–Trinajstić information content (AvgIpc) is 2.49. The monoisotopic (exact) mass is 319 g/mol. The highest BCUT2D eigenvalue weighted by atomic mass is 35.5. The highest BCUT2D eigenvalue weighted by Gasteiger charge is 2.17. The summed E-state index contributed by atoms with van der Waals surface area (Å²) in [5.74, 6) is 0. The number of sulfonamides is 1. The van der Waals surface area contributed by atoms with Crippen LogP contribution in [0.1, 0.15) is 0 Å². The summed E-state index contributed by atoms with van der Waals surface area (Å²) in [5.41, 5.74) is 0.352. The molecule has 0 unspecified atom stereocenters. The molecule has 0 spiro atoms. The fraction of sp³-hybridized carbons (Fsp3) is 0. The van der Waals surface area contributed by atoms with Crippen molar-refractivity contribution in [3.05, 3.63) is 60.1 Å². The highest BCUT2D eigenvalue weighted by Crippen LogP contribution is 2.24. The Kier molecular flexibility index (Phi) is 3.48. The van der Waals surface area contributed by atoms with Crippen LogP contribution >= 0.6 is 11.6 Å². The zero-order chi connectivity index (χ0) is 14.9. The van der Waals surface area contributed by atoms with Crippen molar-refractivity contribution >= 4 is 38.1 Å². The third-order valence-corrected chi connectivity index (χ3v) is 4.57. The molecule has 106 valence electrons. The van der Waals surface area contributed by atoms with E-state index in [1.165, 1.54) is 12.3 Å². The van der Waals surface area contributed by atoms with Crippen LogP contribution in [0.15, 0.2) is 59.9 Å². The van der Waals surface area contributed by atoms with Gasteiger partial charge in [0, 0.05) is 23.2 Å². The van der Waals surface area contributed by atoms with Crippen LogP contribution < -0.4 is 4.72 Å². The van der Waals surface area contributed by atoms with Crippen molar-refractivity contribution in [2.75, 3.05) is 4.72 Å². The number of fused-ring (bicyclic) bond motifs is 1. The molecule has 1 aromatic carbocycles. The number of nitrogens with zero attached hydrogens (tertiary/aromatic N) is 2. The van der Waals surface area contributed by atoms with Crippen LogP contribution in [0.2, 0.25) is 5.15 Å². The largest absolute Gasteiger partial charge is 0.278 e. The van der Waals surface area contributed by atoms with Crippen molar-refractivity contribution in [2.45, 2.75) is 4.90 Å². The van der Waals surface area contributed by atoms with Crippen molar-refractivity contribution < 1.29 is 8.42 Å². The fourth-order valence-corrected chi connectivity index (χ4v) is 3.36. The number of benzene rings is 1. The third-order valence-electron chi connectivity index (χ3n) is 2.91. The van der Waals surface area contributed by atoms with E-state index in [0.717, 1.165) is 5.39 Å². The lowest BCUT2D eigenvalue weighted by atomic mass is 10.2. The molecular weight excluding hydrogens is 310 g/mol. The number of rotatable bonds is 3. The number of aromatic nitrogens is 2. The van der Waals surface area contributed by atoms with Crippen molar-refractivity contribution in [2.24, 2.45) is 0 Å². The van der Waals surface area contributed by atoms with Gasteiger partial charge in [0.25, 0.3) is 10.0 Å². The highest BCUT2D eigenvalue weighted by molar-refractivity contribution is 7.93. The minimum atomic E-state index is -3.71. The van der Waals surface area contributed by atoms with Crippen LogP contribution in [0.5, 0.6) is 0 Å². The Morgan fingerprint density at radius 3 is 2.67 bits per heavy atom. The summed E-state index contributed by atoms with van der Waals surface area (Å²) in [4.78, 5) is 8.03. The molecule has 0 aliphatic rings. The van der Waals surface area contributed by atoms with E-state index in [0.29, 0.717) is 16.2 Å². The molecule has 0 aliphatic carbocycles. The number of nitrogens with one attached hydrogen (secondary N) is 1. The molecule has 3 aromatic rings. The second-order valence-corrected chi connectivity index (χ2v) is 6.37. The van der Waals surface area contributed by atoms with Gasteiger partial charge >= 0.3 is 0 Å². The molecule has 5 nitrogen and oxygen atoms in total. The van der Waals surface area contributed by atoms with Crippen molar-refractivity contribution in [1.29, 1.82) is 0 Å². The summed E-state index contributed by atoms with van der Waals surface area (Å²) in [7, 11) is -3.71. The lowest BCUT2D eigenvalue weighted by Gasteiger charge is -2.10. The molecule has 0 aliphatic heterocycles. The zero-order valence-electron chi connectivity index (χ0n) is 10.7. The first kappa shape index (κ1) is 13.8. The van der Waals surface area contributed by atoms with E-state index in [1.54, 1.807) is 36.7 Å². The number of hydrogen-bond acceptors (Lipinski definition) is 4. The van der Waals surface area contributed by atoms with Crippen molar-refractivity contribution in [3.8, 4) is 0 Å². The van der Waals surface area contributed by atoms with Gasteiger partial charge in [-0.25, -0.2) is 13.4 Å². The van der Waals surface area contributed by atoms with E-state index >= 15 is 0 Å². The molecule has 7 heteroatoms. The Labute approximate surface area is 126 Å². The second kappa shape index (κ2) is 5.31. The van der Waals surface area contributed by atoms with E-state index in [9.17, 15) is 8.42 Å². The van der Waals surface area contributed by atoms with Gasteiger partial charge < -0.3 is 0 Å². The Bertz CT molecular complexity index is 890. The normalized spacial score (nSPS) is 11.5. The van der Waals surface area contributed by atoms with E-state index in [2.05, 4.69) is 14.7 Å². The molecule has 1 N–H and O–H groups in total. The first-order chi connectivity index (χ1) is 10.1. The van der Waals surface area contributed by atoms with E-state index in [1.807, 2.05) is 6.07 Å². The van der Waals surface area contributed by atoms with E-state index in [-0.39, 0.29) is 4.90 Å². The van der Waals surface area contributed by atoms with Crippen LogP contribution in [0, 0.1) is 0 Å². The molecule has 0 amide bonds. The van der Waals surface area contributed by atoms with Crippen LogP contribution in [-0.2, 0) is 10.0 Å².